The molecule has 0 fully saturated rings. The lowest BCUT2D eigenvalue weighted by atomic mass is 10.2. The van der Waals surface area contributed by atoms with Crippen molar-refractivity contribution in [2.45, 2.75) is 20.3 Å². The van der Waals surface area contributed by atoms with Crippen LogP contribution < -0.4 is 14.9 Å². The smallest absolute Gasteiger partial charge is 0.344 e. The number of hydrazone groups is 1. The summed E-state index contributed by atoms with van der Waals surface area (Å²) in [5.41, 5.74) is 3.66. The van der Waals surface area contributed by atoms with E-state index < -0.39 is 5.97 Å². The quantitative estimate of drug-likeness (QED) is 0.386. The maximum absolute atomic E-state index is 12.1. The molecule has 0 aliphatic rings. The van der Waals surface area contributed by atoms with Crippen LogP contribution in [0.5, 0.6) is 11.5 Å². The predicted molar refractivity (Wildman–Crippen MR) is 106 cm³/mol. The van der Waals surface area contributed by atoms with Gasteiger partial charge in [0.05, 0.1) is 19.4 Å². The van der Waals surface area contributed by atoms with Crippen LogP contribution in [0.4, 0.5) is 0 Å². The summed E-state index contributed by atoms with van der Waals surface area (Å²) < 4.78 is 15.7. The van der Waals surface area contributed by atoms with Gasteiger partial charge in [0.1, 0.15) is 11.5 Å². The van der Waals surface area contributed by atoms with Gasteiger partial charge in [-0.3, -0.25) is 4.79 Å². The van der Waals surface area contributed by atoms with E-state index in [2.05, 4.69) is 10.5 Å². The lowest BCUT2D eigenvalue weighted by molar-refractivity contribution is -0.145. The molecular weight excluding hydrogens is 360 g/mol. The molecule has 1 amide bonds. The first-order chi connectivity index (χ1) is 13.6. The van der Waals surface area contributed by atoms with Gasteiger partial charge in [-0.05, 0) is 55.3 Å². The molecule has 0 aliphatic carbocycles. The van der Waals surface area contributed by atoms with E-state index in [1.807, 2.05) is 6.92 Å². The lowest BCUT2D eigenvalue weighted by Crippen LogP contribution is -2.17. The molecule has 0 radical (unpaired) electrons. The minimum absolute atomic E-state index is 0.164. The van der Waals surface area contributed by atoms with Gasteiger partial charge in [0.2, 0.25) is 0 Å². The van der Waals surface area contributed by atoms with Crippen LogP contribution in [0.25, 0.3) is 0 Å². The molecule has 0 heterocycles. The topological polar surface area (TPSA) is 86.2 Å². The van der Waals surface area contributed by atoms with Crippen LogP contribution in [0, 0.1) is 0 Å². The second-order valence-corrected chi connectivity index (χ2v) is 5.74. The minimum Gasteiger partial charge on any atom is -0.494 e. The summed E-state index contributed by atoms with van der Waals surface area (Å²) in [6.45, 7) is 4.55. The van der Waals surface area contributed by atoms with Crippen molar-refractivity contribution in [1.82, 2.24) is 5.43 Å². The molecule has 2 aromatic carbocycles. The fourth-order valence-electron chi connectivity index (χ4n) is 2.18. The van der Waals surface area contributed by atoms with Crippen LogP contribution in [0.3, 0.4) is 0 Å². The Hall–Kier alpha value is -3.35. The van der Waals surface area contributed by atoms with Crippen molar-refractivity contribution in [3.8, 4) is 11.5 Å². The minimum atomic E-state index is -0.431. The van der Waals surface area contributed by atoms with Crippen molar-refractivity contribution < 1.29 is 23.8 Å². The van der Waals surface area contributed by atoms with E-state index in [0.717, 1.165) is 12.2 Å². The summed E-state index contributed by atoms with van der Waals surface area (Å²) in [5, 5.41) is 3.95. The summed E-state index contributed by atoms with van der Waals surface area (Å²) in [6, 6.07) is 13.8. The standard InChI is InChI=1S/C21H24N2O5/c1-3-12-27-18-10-8-17(9-11-18)21(25)23-22-14-16-6-5-7-19(13-16)28-15-20(24)26-4-2/h5-11,13-14H,3-4,12,15H2,1-2H3,(H,23,25)/b22-14-. The molecule has 7 nitrogen and oxygen atoms in total. The lowest BCUT2D eigenvalue weighted by Gasteiger charge is -2.06. The number of nitrogens with zero attached hydrogens (tertiary/aromatic N) is 1. The molecule has 0 spiro atoms. The third-order valence-electron chi connectivity index (χ3n) is 3.49. The highest BCUT2D eigenvalue weighted by molar-refractivity contribution is 5.95. The summed E-state index contributed by atoms with van der Waals surface area (Å²) in [6.07, 6.45) is 2.42. The third kappa shape index (κ3) is 7.11. The number of hydrogen-bond donors (Lipinski definition) is 1. The fourth-order valence-corrected chi connectivity index (χ4v) is 2.18. The second-order valence-electron chi connectivity index (χ2n) is 5.74. The zero-order valence-electron chi connectivity index (χ0n) is 16.0. The summed E-state index contributed by atoms with van der Waals surface area (Å²) in [5.74, 6) is 0.473. The molecule has 0 saturated heterocycles. The van der Waals surface area contributed by atoms with Crippen molar-refractivity contribution in [2.75, 3.05) is 19.8 Å². The van der Waals surface area contributed by atoms with E-state index in [0.29, 0.717) is 30.1 Å². The van der Waals surface area contributed by atoms with Gasteiger partial charge in [-0.15, -0.1) is 0 Å². The molecular formula is C21H24N2O5. The van der Waals surface area contributed by atoms with Gasteiger partial charge in [0.25, 0.3) is 5.91 Å². The molecule has 0 atom stereocenters. The van der Waals surface area contributed by atoms with E-state index in [1.165, 1.54) is 6.21 Å². The van der Waals surface area contributed by atoms with Crippen LogP contribution >= 0.6 is 0 Å². The van der Waals surface area contributed by atoms with E-state index in [-0.39, 0.29) is 12.5 Å². The SMILES string of the molecule is CCCOc1ccc(C(=O)N/N=C\c2cccc(OCC(=O)OCC)c2)cc1. The number of hydrogen-bond acceptors (Lipinski definition) is 6. The Morgan fingerprint density at radius 2 is 1.82 bits per heavy atom. The van der Waals surface area contributed by atoms with Crippen molar-refractivity contribution in [3.05, 3.63) is 59.7 Å². The monoisotopic (exact) mass is 384 g/mol. The van der Waals surface area contributed by atoms with Crippen molar-refractivity contribution >= 4 is 18.1 Å². The van der Waals surface area contributed by atoms with Gasteiger partial charge >= 0.3 is 5.97 Å². The molecule has 28 heavy (non-hydrogen) atoms. The number of rotatable bonds is 10. The third-order valence-corrected chi connectivity index (χ3v) is 3.49. The zero-order valence-corrected chi connectivity index (χ0v) is 16.0. The first-order valence-electron chi connectivity index (χ1n) is 9.07. The number of esters is 1. The maximum Gasteiger partial charge on any atom is 0.344 e. The average Bonchev–Trinajstić information content (AvgIpc) is 2.71. The molecule has 0 saturated carbocycles. The molecule has 148 valence electrons. The largest absolute Gasteiger partial charge is 0.494 e. The van der Waals surface area contributed by atoms with Crippen LogP contribution in [0.1, 0.15) is 36.2 Å². The van der Waals surface area contributed by atoms with E-state index in [9.17, 15) is 9.59 Å². The molecule has 7 heteroatoms. The highest BCUT2D eigenvalue weighted by Crippen LogP contribution is 2.13. The second kappa shape index (κ2) is 11.4. The van der Waals surface area contributed by atoms with Gasteiger partial charge in [-0.2, -0.15) is 5.10 Å². The van der Waals surface area contributed by atoms with Crippen molar-refractivity contribution in [3.63, 3.8) is 0 Å². The maximum atomic E-state index is 12.1. The molecule has 2 rings (SSSR count). The fraction of sp³-hybridized carbons (Fsp3) is 0.286. The van der Waals surface area contributed by atoms with Crippen LogP contribution in [-0.2, 0) is 9.53 Å². The van der Waals surface area contributed by atoms with Crippen molar-refractivity contribution in [1.29, 1.82) is 0 Å². The highest BCUT2D eigenvalue weighted by atomic mass is 16.6. The molecule has 0 aliphatic heterocycles. The number of carbonyl (C=O) groups excluding carboxylic acids is 2. The van der Waals surface area contributed by atoms with Crippen LogP contribution in [0.15, 0.2) is 53.6 Å². The van der Waals surface area contributed by atoms with Gasteiger partial charge < -0.3 is 14.2 Å². The molecule has 0 unspecified atom stereocenters. The Labute approximate surface area is 164 Å². The number of benzene rings is 2. The summed E-state index contributed by atoms with van der Waals surface area (Å²) in [4.78, 5) is 23.5. The molecule has 0 aromatic heterocycles. The van der Waals surface area contributed by atoms with E-state index >= 15 is 0 Å². The summed E-state index contributed by atoms with van der Waals surface area (Å²) in [7, 11) is 0. The van der Waals surface area contributed by atoms with E-state index in [1.54, 1.807) is 55.5 Å². The average molecular weight is 384 g/mol. The zero-order chi connectivity index (χ0) is 20.2. The first-order valence-corrected chi connectivity index (χ1v) is 9.07. The summed E-state index contributed by atoms with van der Waals surface area (Å²) >= 11 is 0. The normalized spacial score (nSPS) is 10.5. The Morgan fingerprint density at radius 3 is 2.54 bits per heavy atom. The van der Waals surface area contributed by atoms with Gasteiger partial charge in [-0.25, -0.2) is 10.2 Å². The van der Waals surface area contributed by atoms with Gasteiger partial charge in [-0.1, -0.05) is 19.1 Å². The van der Waals surface area contributed by atoms with Crippen molar-refractivity contribution in [2.24, 2.45) is 5.10 Å². The Kier molecular flexibility index (Phi) is 8.52. The number of nitrogens with one attached hydrogen (secondary N) is 1. The molecule has 2 aromatic rings. The first kappa shape index (κ1) is 21.0. The molecule has 0 bridgehead atoms. The van der Waals surface area contributed by atoms with E-state index in [4.69, 9.17) is 14.2 Å². The molecule has 1 N–H and O–H groups in total. The van der Waals surface area contributed by atoms with Crippen LogP contribution in [-0.4, -0.2) is 37.9 Å². The predicted octanol–water partition coefficient (Wildman–Crippen LogP) is 3.18. The Balaban J connectivity index is 1.87. The number of carbonyl (C=O) groups is 2. The highest BCUT2D eigenvalue weighted by Gasteiger charge is 2.05. The van der Waals surface area contributed by atoms with Gasteiger partial charge in [0, 0.05) is 5.56 Å². The Bertz CT molecular complexity index is 803. The van der Waals surface area contributed by atoms with Gasteiger partial charge in [0.15, 0.2) is 6.61 Å². The van der Waals surface area contributed by atoms with Crippen LogP contribution in [0.2, 0.25) is 0 Å². The number of amides is 1. The number of ether oxygens (including phenoxy) is 3. The Morgan fingerprint density at radius 1 is 1.04 bits per heavy atom.